The second-order valence-electron chi connectivity index (χ2n) is 7.77. The lowest BCUT2D eigenvalue weighted by atomic mass is 10.2. The number of rotatable bonds is 8. The molecule has 0 aliphatic rings. The molecule has 0 spiro atoms. The van der Waals surface area contributed by atoms with Gasteiger partial charge in [0.05, 0.1) is 24.2 Å². The third-order valence-corrected chi connectivity index (χ3v) is 7.08. The van der Waals surface area contributed by atoms with Gasteiger partial charge in [-0.2, -0.15) is 0 Å². The highest BCUT2D eigenvalue weighted by Gasteiger charge is 2.19. The second kappa shape index (κ2) is 10.7. The Kier molecular flexibility index (Phi) is 7.06. The molecule has 0 bridgehead atoms. The van der Waals surface area contributed by atoms with Crippen molar-refractivity contribution in [3.8, 4) is 34.1 Å². The lowest BCUT2D eigenvalue weighted by Crippen LogP contribution is -2.14. The Bertz CT molecular complexity index is 1480. The molecule has 5 rings (SSSR count). The number of methoxy groups -OCH3 is 1. The van der Waals surface area contributed by atoms with Gasteiger partial charge in [-0.15, -0.1) is 21.5 Å². The fraction of sp³-hybridized carbons (Fsp3) is 0.115. The van der Waals surface area contributed by atoms with Crippen LogP contribution in [0.15, 0.2) is 83.6 Å². The second-order valence-corrected chi connectivity index (χ2v) is 9.57. The molecule has 0 saturated carbocycles. The van der Waals surface area contributed by atoms with E-state index in [0.29, 0.717) is 16.1 Å². The Morgan fingerprint density at radius 2 is 1.81 bits per heavy atom. The Hall–Kier alpha value is -4.02. The minimum Gasteiger partial charge on any atom is -0.497 e. The molecule has 8 nitrogen and oxygen atoms in total. The normalized spacial score (nSPS) is 10.8. The number of carbonyl (C=O) groups is 1. The third-order valence-electron chi connectivity index (χ3n) is 5.40. The number of ether oxygens (including phenoxy) is 1. The molecule has 5 aromatic rings. The molecule has 0 atom stereocenters. The topological polar surface area (TPSA) is 94.8 Å². The van der Waals surface area contributed by atoms with E-state index in [1.165, 1.54) is 23.1 Å². The van der Waals surface area contributed by atoms with Crippen molar-refractivity contribution < 1.29 is 9.53 Å². The fourth-order valence-electron chi connectivity index (χ4n) is 3.59. The van der Waals surface area contributed by atoms with Gasteiger partial charge in [0.1, 0.15) is 5.75 Å². The van der Waals surface area contributed by atoms with Crippen LogP contribution in [-0.2, 0) is 4.79 Å². The SMILES string of the molecule is COc1ccc(-c2csc(NC(=O)CSc3nnc(-c4ccncc4)n3-c3ccccc3C)n2)cc1. The number of para-hydroxylation sites is 1. The number of thioether (sulfide) groups is 1. The summed E-state index contributed by atoms with van der Waals surface area (Å²) in [6.45, 7) is 2.04. The maximum Gasteiger partial charge on any atom is 0.236 e. The van der Waals surface area contributed by atoms with Gasteiger partial charge in [0.25, 0.3) is 0 Å². The number of hydrogen-bond donors (Lipinski definition) is 1. The summed E-state index contributed by atoms with van der Waals surface area (Å²) in [5.74, 6) is 1.47. The molecule has 0 unspecified atom stereocenters. The zero-order valence-electron chi connectivity index (χ0n) is 19.6. The summed E-state index contributed by atoms with van der Waals surface area (Å²) in [6.07, 6.45) is 3.45. The molecule has 2 aromatic carbocycles. The molecule has 3 aromatic heterocycles. The number of nitrogens with zero attached hydrogens (tertiary/aromatic N) is 5. The fourth-order valence-corrected chi connectivity index (χ4v) is 5.07. The van der Waals surface area contributed by atoms with Crippen molar-refractivity contribution in [1.29, 1.82) is 0 Å². The lowest BCUT2D eigenvalue weighted by molar-refractivity contribution is -0.113. The third kappa shape index (κ3) is 5.14. The Morgan fingerprint density at radius 1 is 1.03 bits per heavy atom. The molecule has 1 amide bonds. The first-order valence-corrected chi connectivity index (χ1v) is 12.9. The Labute approximate surface area is 216 Å². The number of hydrogen-bond acceptors (Lipinski definition) is 8. The highest BCUT2D eigenvalue weighted by Crippen LogP contribution is 2.30. The molecule has 1 N–H and O–H groups in total. The summed E-state index contributed by atoms with van der Waals surface area (Å²) in [6, 6.07) is 19.4. The predicted molar refractivity (Wildman–Crippen MR) is 143 cm³/mol. The van der Waals surface area contributed by atoms with E-state index in [2.05, 4.69) is 25.5 Å². The number of aryl methyl sites for hydroxylation is 1. The average molecular weight is 515 g/mol. The zero-order chi connectivity index (χ0) is 24.9. The van der Waals surface area contributed by atoms with Gasteiger partial charge in [-0.1, -0.05) is 30.0 Å². The van der Waals surface area contributed by atoms with Crippen molar-refractivity contribution in [3.63, 3.8) is 0 Å². The van der Waals surface area contributed by atoms with Crippen LogP contribution in [-0.4, -0.2) is 43.5 Å². The summed E-state index contributed by atoms with van der Waals surface area (Å²) in [5.41, 5.74) is 4.68. The summed E-state index contributed by atoms with van der Waals surface area (Å²) in [5, 5.41) is 14.8. The smallest absolute Gasteiger partial charge is 0.236 e. The predicted octanol–water partition coefficient (Wildman–Crippen LogP) is 5.50. The van der Waals surface area contributed by atoms with Crippen LogP contribution >= 0.6 is 23.1 Å². The largest absolute Gasteiger partial charge is 0.497 e. The zero-order valence-corrected chi connectivity index (χ0v) is 21.2. The van der Waals surface area contributed by atoms with E-state index in [0.717, 1.165) is 33.8 Å². The number of carbonyl (C=O) groups excluding carboxylic acids is 1. The first-order chi connectivity index (χ1) is 17.6. The molecule has 180 valence electrons. The van der Waals surface area contributed by atoms with Crippen LogP contribution in [0.2, 0.25) is 0 Å². The summed E-state index contributed by atoms with van der Waals surface area (Å²) in [4.78, 5) is 21.4. The molecule has 3 heterocycles. The van der Waals surface area contributed by atoms with Gasteiger partial charge >= 0.3 is 0 Å². The summed E-state index contributed by atoms with van der Waals surface area (Å²) in [7, 11) is 1.63. The van der Waals surface area contributed by atoms with Crippen LogP contribution in [0.1, 0.15) is 5.56 Å². The highest BCUT2D eigenvalue weighted by atomic mass is 32.2. The van der Waals surface area contributed by atoms with E-state index in [-0.39, 0.29) is 11.7 Å². The molecule has 0 aliphatic carbocycles. The van der Waals surface area contributed by atoms with Gasteiger partial charge in [0.15, 0.2) is 16.1 Å². The summed E-state index contributed by atoms with van der Waals surface area (Å²) >= 11 is 2.71. The van der Waals surface area contributed by atoms with Gasteiger partial charge in [0.2, 0.25) is 5.91 Å². The standard InChI is InChI=1S/C26H22N6O2S2/c1-17-5-3-4-6-22(17)32-24(19-11-13-27-14-12-19)30-31-26(32)36-16-23(33)29-25-28-21(15-35-25)18-7-9-20(34-2)10-8-18/h3-15H,16H2,1-2H3,(H,28,29,33). The molecule has 36 heavy (non-hydrogen) atoms. The Morgan fingerprint density at radius 3 is 2.56 bits per heavy atom. The van der Waals surface area contributed by atoms with E-state index in [4.69, 9.17) is 4.74 Å². The Balaban J connectivity index is 1.32. The van der Waals surface area contributed by atoms with E-state index in [1.54, 1.807) is 19.5 Å². The van der Waals surface area contributed by atoms with E-state index >= 15 is 0 Å². The minimum absolute atomic E-state index is 0.164. The molecule has 0 saturated heterocycles. The number of nitrogens with one attached hydrogen (secondary N) is 1. The average Bonchev–Trinajstić information content (AvgIpc) is 3.56. The maximum absolute atomic E-state index is 12.8. The minimum atomic E-state index is -0.166. The first-order valence-electron chi connectivity index (χ1n) is 11.1. The first kappa shape index (κ1) is 23.7. The monoisotopic (exact) mass is 514 g/mol. The highest BCUT2D eigenvalue weighted by molar-refractivity contribution is 7.99. The summed E-state index contributed by atoms with van der Waals surface area (Å²) < 4.78 is 7.18. The maximum atomic E-state index is 12.8. The van der Waals surface area contributed by atoms with Crippen LogP contribution in [0.4, 0.5) is 5.13 Å². The quantitative estimate of drug-likeness (QED) is 0.273. The number of pyridine rings is 1. The van der Waals surface area contributed by atoms with Crippen LogP contribution < -0.4 is 10.1 Å². The van der Waals surface area contributed by atoms with Gasteiger partial charge in [-0.3, -0.25) is 14.3 Å². The van der Waals surface area contributed by atoms with Gasteiger partial charge in [-0.25, -0.2) is 4.98 Å². The van der Waals surface area contributed by atoms with E-state index in [1.807, 2.05) is 77.5 Å². The lowest BCUT2D eigenvalue weighted by Gasteiger charge is -2.12. The number of anilines is 1. The van der Waals surface area contributed by atoms with Crippen molar-refractivity contribution in [3.05, 3.63) is 84.0 Å². The van der Waals surface area contributed by atoms with Crippen molar-refractivity contribution in [1.82, 2.24) is 24.7 Å². The number of amides is 1. The molecular formula is C26H22N6O2S2. The van der Waals surface area contributed by atoms with Gasteiger partial charge in [0, 0.05) is 28.9 Å². The van der Waals surface area contributed by atoms with Crippen molar-refractivity contribution in [2.75, 3.05) is 18.2 Å². The van der Waals surface area contributed by atoms with Crippen LogP contribution in [0.5, 0.6) is 5.75 Å². The van der Waals surface area contributed by atoms with Gasteiger partial charge in [-0.05, 0) is 55.0 Å². The molecule has 10 heteroatoms. The van der Waals surface area contributed by atoms with E-state index < -0.39 is 0 Å². The van der Waals surface area contributed by atoms with Crippen LogP contribution in [0.3, 0.4) is 0 Å². The number of aromatic nitrogens is 5. The van der Waals surface area contributed by atoms with Gasteiger partial charge < -0.3 is 10.1 Å². The van der Waals surface area contributed by atoms with Crippen molar-refractivity contribution in [2.24, 2.45) is 0 Å². The molecule has 0 fully saturated rings. The van der Waals surface area contributed by atoms with E-state index in [9.17, 15) is 4.79 Å². The molecule has 0 radical (unpaired) electrons. The number of thiazole rings is 1. The van der Waals surface area contributed by atoms with Crippen LogP contribution in [0.25, 0.3) is 28.3 Å². The molecular weight excluding hydrogens is 492 g/mol. The van der Waals surface area contributed by atoms with Crippen LogP contribution in [0, 0.1) is 6.92 Å². The molecule has 0 aliphatic heterocycles. The van der Waals surface area contributed by atoms with Crippen molar-refractivity contribution >= 4 is 34.1 Å². The number of benzene rings is 2. The van der Waals surface area contributed by atoms with Crippen molar-refractivity contribution in [2.45, 2.75) is 12.1 Å².